The van der Waals surface area contributed by atoms with Gasteiger partial charge in [0.1, 0.15) is 17.4 Å². The first-order valence-corrected chi connectivity index (χ1v) is 12.5. The van der Waals surface area contributed by atoms with Gasteiger partial charge in [-0.25, -0.2) is 4.79 Å². The van der Waals surface area contributed by atoms with Crippen molar-refractivity contribution in [1.82, 2.24) is 15.6 Å². The number of hydrogen-bond donors (Lipinski definition) is 3. The highest BCUT2D eigenvalue weighted by Crippen LogP contribution is 2.30. The Kier molecular flexibility index (Phi) is 6.87. The van der Waals surface area contributed by atoms with Crippen LogP contribution in [-0.4, -0.2) is 35.5 Å². The van der Waals surface area contributed by atoms with Gasteiger partial charge in [-0.3, -0.25) is 9.59 Å². The van der Waals surface area contributed by atoms with E-state index >= 15 is 0 Å². The van der Waals surface area contributed by atoms with Crippen LogP contribution in [0, 0.1) is 6.92 Å². The molecule has 5 aromatic rings. The third-order valence-corrected chi connectivity index (χ3v) is 6.53. The van der Waals surface area contributed by atoms with Crippen molar-refractivity contribution in [3.05, 3.63) is 88.4 Å². The van der Waals surface area contributed by atoms with E-state index in [1.54, 1.807) is 25.1 Å². The molecule has 3 N–H and O–H groups in total. The van der Waals surface area contributed by atoms with Gasteiger partial charge in [-0.2, -0.15) is 0 Å². The van der Waals surface area contributed by atoms with Crippen LogP contribution in [0.4, 0.5) is 0 Å². The number of aromatic nitrogens is 1. The van der Waals surface area contributed by atoms with Crippen LogP contribution in [0.5, 0.6) is 5.75 Å². The maximum absolute atomic E-state index is 12.9. The topological polar surface area (TPSA) is 113 Å². The number of aryl methyl sites for hydroxylation is 1. The van der Waals surface area contributed by atoms with Crippen LogP contribution in [0.1, 0.15) is 25.0 Å². The lowest BCUT2D eigenvalue weighted by Crippen LogP contribution is -2.50. The molecule has 2 heterocycles. The number of ether oxygens (including phenoxy) is 1. The highest BCUT2D eigenvalue weighted by Gasteiger charge is 2.23. The van der Waals surface area contributed by atoms with Gasteiger partial charge in [0.15, 0.2) is 6.61 Å². The average Bonchev–Trinajstić information content (AvgIpc) is 3.31. The second-order valence-corrected chi connectivity index (χ2v) is 9.64. The first-order valence-electron chi connectivity index (χ1n) is 12.5. The van der Waals surface area contributed by atoms with Crippen molar-refractivity contribution in [3.63, 3.8) is 0 Å². The summed E-state index contributed by atoms with van der Waals surface area (Å²) >= 11 is 0. The SMILES string of the molecule is Cc1c(OCC(=O)N[C@@H](Cc2c[nH]c3ccccc23)C(=O)NC(C)C)ccc2c1oc(=O)c1ccccc12. The molecule has 2 aromatic heterocycles. The van der Waals surface area contributed by atoms with Gasteiger partial charge in [0, 0.05) is 40.5 Å². The van der Waals surface area contributed by atoms with Gasteiger partial charge in [-0.15, -0.1) is 0 Å². The Morgan fingerprint density at radius 3 is 2.39 bits per heavy atom. The summed E-state index contributed by atoms with van der Waals surface area (Å²) in [6.45, 7) is 5.22. The number of aromatic amines is 1. The van der Waals surface area contributed by atoms with Crippen molar-refractivity contribution in [2.24, 2.45) is 0 Å². The molecule has 8 nitrogen and oxygen atoms in total. The molecular formula is C30H29N3O5. The van der Waals surface area contributed by atoms with Crippen LogP contribution >= 0.6 is 0 Å². The zero-order valence-electron chi connectivity index (χ0n) is 21.5. The van der Waals surface area contributed by atoms with Crippen molar-refractivity contribution >= 4 is 44.5 Å². The molecule has 5 rings (SSSR count). The largest absolute Gasteiger partial charge is 0.483 e. The van der Waals surface area contributed by atoms with Gasteiger partial charge in [0.25, 0.3) is 5.91 Å². The fraction of sp³-hybridized carbons (Fsp3) is 0.233. The molecule has 8 heteroatoms. The van der Waals surface area contributed by atoms with Gasteiger partial charge in [-0.05, 0) is 56.0 Å². The van der Waals surface area contributed by atoms with E-state index in [-0.39, 0.29) is 18.6 Å². The van der Waals surface area contributed by atoms with E-state index in [1.165, 1.54) is 0 Å². The lowest BCUT2D eigenvalue weighted by molar-refractivity contribution is -0.130. The summed E-state index contributed by atoms with van der Waals surface area (Å²) in [4.78, 5) is 41.6. The molecule has 2 amide bonds. The average molecular weight is 512 g/mol. The van der Waals surface area contributed by atoms with Crippen LogP contribution < -0.4 is 21.0 Å². The van der Waals surface area contributed by atoms with E-state index < -0.39 is 17.6 Å². The van der Waals surface area contributed by atoms with Crippen LogP contribution in [0.2, 0.25) is 0 Å². The summed E-state index contributed by atoms with van der Waals surface area (Å²) in [5.41, 5.74) is 2.50. The molecule has 38 heavy (non-hydrogen) atoms. The van der Waals surface area contributed by atoms with Crippen molar-refractivity contribution in [1.29, 1.82) is 0 Å². The molecule has 3 aromatic carbocycles. The van der Waals surface area contributed by atoms with E-state index in [2.05, 4.69) is 15.6 Å². The minimum Gasteiger partial charge on any atom is -0.483 e. The number of hydrogen-bond acceptors (Lipinski definition) is 5. The van der Waals surface area contributed by atoms with E-state index in [0.717, 1.165) is 27.2 Å². The lowest BCUT2D eigenvalue weighted by Gasteiger charge is -2.20. The van der Waals surface area contributed by atoms with Crippen LogP contribution in [0.15, 0.2) is 76.1 Å². The van der Waals surface area contributed by atoms with Crippen molar-refractivity contribution in [2.75, 3.05) is 6.61 Å². The Balaban J connectivity index is 1.34. The fourth-order valence-corrected chi connectivity index (χ4v) is 4.71. The van der Waals surface area contributed by atoms with Gasteiger partial charge in [-0.1, -0.05) is 36.4 Å². The van der Waals surface area contributed by atoms with Gasteiger partial charge in [0.2, 0.25) is 5.91 Å². The minimum atomic E-state index is -0.783. The Labute approximate surface area is 219 Å². The normalized spacial score (nSPS) is 12.2. The number of carbonyl (C=O) groups excluding carboxylic acids is 2. The third-order valence-electron chi connectivity index (χ3n) is 6.53. The number of rotatable bonds is 8. The van der Waals surface area contributed by atoms with Crippen LogP contribution in [0.3, 0.4) is 0 Å². The predicted octanol–water partition coefficient (Wildman–Crippen LogP) is 4.37. The summed E-state index contributed by atoms with van der Waals surface area (Å²) < 4.78 is 11.4. The number of carbonyl (C=O) groups is 2. The standard InChI is InChI=1S/C30H29N3O5/c1-17(2)32-29(35)25(14-19-15-31-24-11-7-6-8-20(19)24)33-27(34)16-37-26-13-12-22-21-9-4-5-10-23(21)30(36)38-28(22)18(26)3/h4-13,15,17,25,31H,14,16H2,1-3H3,(H,32,35)(H,33,34)/t25-/m0/s1. The highest BCUT2D eigenvalue weighted by molar-refractivity contribution is 6.05. The number of nitrogens with one attached hydrogen (secondary N) is 3. The summed E-state index contributed by atoms with van der Waals surface area (Å²) in [5.74, 6) is -0.284. The van der Waals surface area contributed by atoms with E-state index in [0.29, 0.717) is 28.7 Å². The predicted molar refractivity (Wildman–Crippen MR) is 147 cm³/mol. The summed E-state index contributed by atoms with van der Waals surface area (Å²) in [6.07, 6.45) is 2.18. The van der Waals surface area contributed by atoms with Gasteiger partial charge >= 0.3 is 5.63 Å². The van der Waals surface area contributed by atoms with Crippen LogP contribution in [-0.2, 0) is 16.0 Å². The molecule has 0 radical (unpaired) electrons. The first-order chi connectivity index (χ1) is 18.3. The van der Waals surface area contributed by atoms with E-state index in [1.807, 2.05) is 62.5 Å². The molecule has 0 saturated heterocycles. The highest BCUT2D eigenvalue weighted by atomic mass is 16.5. The molecular weight excluding hydrogens is 482 g/mol. The van der Waals surface area contributed by atoms with Crippen molar-refractivity contribution in [3.8, 4) is 5.75 Å². The Bertz CT molecular complexity index is 1720. The minimum absolute atomic E-state index is 0.0768. The maximum atomic E-state index is 12.9. The number of benzene rings is 3. The molecule has 0 aliphatic heterocycles. The summed E-state index contributed by atoms with van der Waals surface area (Å²) in [6, 6.07) is 17.8. The van der Waals surface area contributed by atoms with Crippen molar-refractivity contribution in [2.45, 2.75) is 39.3 Å². The van der Waals surface area contributed by atoms with E-state index in [9.17, 15) is 14.4 Å². The Morgan fingerprint density at radius 1 is 0.921 bits per heavy atom. The number of amides is 2. The Morgan fingerprint density at radius 2 is 1.63 bits per heavy atom. The zero-order valence-corrected chi connectivity index (χ0v) is 21.5. The van der Waals surface area contributed by atoms with E-state index in [4.69, 9.17) is 9.15 Å². The third kappa shape index (κ3) is 4.98. The molecule has 0 saturated carbocycles. The monoisotopic (exact) mass is 511 g/mol. The smallest absolute Gasteiger partial charge is 0.344 e. The summed E-state index contributed by atoms with van der Waals surface area (Å²) in [7, 11) is 0. The molecule has 0 spiro atoms. The summed E-state index contributed by atoms with van der Waals surface area (Å²) in [5, 5.41) is 8.80. The quantitative estimate of drug-likeness (QED) is 0.212. The molecule has 0 bridgehead atoms. The van der Waals surface area contributed by atoms with Gasteiger partial charge in [0.05, 0.1) is 5.39 Å². The molecule has 0 unspecified atom stereocenters. The van der Waals surface area contributed by atoms with Gasteiger partial charge < -0.3 is 24.8 Å². The van der Waals surface area contributed by atoms with Crippen molar-refractivity contribution < 1.29 is 18.7 Å². The first kappa shape index (κ1) is 25.1. The molecule has 0 aliphatic carbocycles. The second kappa shape index (κ2) is 10.4. The number of fused-ring (bicyclic) bond motifs is 4. The fourth-order valence-electron chi connectivity index (χ4n) is 4.71. The lowest BCUT2D eigenvalue weighted by atomic mass is 10.0. The maximum Gasteiger partial charge on any atom is 0.344 e. The Hall–Kier alpha value is -4.59. The molecule has 0 aliphatic rings. The number of para-hydroxylation sites is 1. The zero-order chi connectivity index (χ0) is 26.8. The molecule has 194 valence electrons. The molecule has 0 fully saturated rings. The number of H-pyrrole nitrogens is 1. The van der Waals surface area contributed by atoms with Crippen LogP contribution in [0.25, 0.3) is 32.6 Å². The molecule has 1 atom stereocenters. The second-order valence-electron chi connectivity index (χ2n) is 9.64.